The first-order valence-corrected chi connectivity index (χ1v) is 11.1. The summed E-state index contributed by atoms with van der Waals surface area (Å²) in [5, 5.41) is 7.98. The molecule has 0 aliphatic heterocycles. The number of ether oxygens (including phenoxy) is 1. The third kappa shape index (κ3) is 6.77. The van der Waals surface area contributed by atoms with Crippen LogP contribution in [-0.4, -0.2) is 27.1 Å². The third-order valence-corrected chi connectivity index (χ3v) is 5.38. The molecule has 0 aromatic heterocycles. The number of carbonyl (C=O) groups excluding carboxylic acids is 1. The summed E-state index contributed by atoms with van der Waals surface area (Å²) in [4.78, 5) is 16.4. The summed E-state index contributed by atoms with van der Waals surface area (Å²) in [5.41, 5.74) is 2.45. The molecule has 0 heterocycles. The Bertz CT molecular complexity index is 1140. The fourth-order valence-corrected chi connectivity index (χ4v) is 3.29. The maximum atomic E-state index is 12.1. The van der Waals surface area contributed by atoms with Gasteiger partial charge in [-0.3, -0.25) is 9.79 Å². The molecule has 8 heteroatoms. The summed E-state index contributed by atoms with van der Waals surface area (Å²) in [6, 6.07) is 22.7. The van der Waals surface area contributed by atoms with Gasteiger partial charge in [-0.1, -0.05) is 30.3 Å². The van der Waals surface area contributed by atoms with Crippen molar-refractivity contribution in [3.05, 3.63) is 90.0 Å². The molecule has 31 heavy (non-hydrogen) atoms. The number of hydrogen-bond donors (Lipinski definition) is 2. The van der Waals surface area contributed by atoms with Crippen LogP contribution in [0.25, 0.3) is 0 Å². The standard InChI is InChI=1S/C23H23N3O4S/c1-17(19-5-3-2-4-6-19)26-23(27)16-30-21-11-7-18(8-12-21)15-25-20-9-13-22(14-10-20)31(24,28)29/h2-15,17H,16H2,1H3,(H,26,27)(H2,24,28,29)/t17-/m1/s1. The van der Waals surface area contributed by atoms with Gasteiger partial charge in [0, 0.05) is 6.21 Å². The second kappa shape index (κ2) is 10.0. The number of carbonyl (C=O) groups is 1. The van der Waals surface area contributed by atoms with E-state index >= 15 is 0 Å². The molecule has 0 spiro atoms. The maximum Gasteiger partial charge on any atom is 0.258 e. The van der Waals surface area contributed by atoms with E-state index in [9.17, 15) is 13.2 Å². The first kappa shape index (κ1) is 22.2. The molecule has 0 aliphatic carbocycles. The van der Waals surface area contributed by atoms with Gasteiger partial charge < -0.3 is 10.1 Å². The van der Waals surface area contributed by atoms with Crippen molar-refractivity contribution in [1.29, 1.82) is 0 Å². The topological polar surface area (TPSA) is 111 Å². The van der Waals surface area contributed by atoms with Gasteiger partial charge in [0.05, 0.1) is 16.6 Å². The molecule has 3 rings (SSSR count). The minimum atomic E-state index is -3.72. The first-order valence-electron chi connectivity index (χ1n) is 9.55. The maximum absolute atomic E-state index is 12.1. The smallest absolute Gasteiger partial charge is 0.258 e. The fraction of sp³-hybridized carbons (Fsp3) is 0.130. The quantitative estimate of drug-likeness (QED) is 0.527. The van der Waals surface area contributed by atoms with Crippen LogP contribution in [0, 0.1) is 0 Å². The average molecular weight is 438 g/mol. The molecule has 0 bridgehead atoms. The summed E-state index contributed by atoms with van der Waals surface area (Å²) in [6.45, 7) is 1.84. The van der Waals surface area contributed by atoms with Crippen LogP contribution in [0.1, 0.15) is 24.1 Å². The van der Waals surface area contributed by atoms with E-state index in [-0.39, 0.29) is 23.5 Å². The zero-order valence-corrected chi connectivity index (χ0v) is 17.7. The molecule has 0 saturated carbocycles. The highest BCUT2D eigenvalue weighted by atomic mass is 32.2. The Morgan fingerprint density at radius 1 is 1.03 bits per heavy atom. The van der Waals surface area contributed by atoms with Gasteiger partial charge in [-0.25, -0.2) is 13.6 Å². The molecule has 3 N–H and O–H groups in total. The Labute approximate surface area is 181 Å². The monoisotopic (exact) mass is 437 g/mol. The second-order valence-electron chi connectivity index (χ2n) is 6.85. The summed E-state index contributed by atoms with van der Waals surface area (Å²) < 4.78 is 28.1. The Morgan fingerprint density at radius 3 is 2.29 bits per heavy atom. The lowest BCUT2D eigenvalue weighted by Gasteiger charge is -2.14. The van der Waals surface area contributed by atoms with Crippen molar-refractivity contribution < 1.29 is 17.9 Å². The Balaban J connectivity index is 1.50. The van der Waals surface area contributed by atoms with Gasteiger partial charge in [0.2, 0.25) is 10.0 Å². The molecular weight excluding hydrogens is 414 g/mol. The van der Waals surface area contributed by atoms with Crippen molar-refractivity contribution in [2.75, 3.05) is 6.61 Å². The van der Waals surface area contributed by atoms with Crippen LogP contribution in [0.3, 0.4) is 0 Å². The molecule has 0 fully saturated rings. The predicted octanol–water partition coefficient (Wildman–Crippen LogP) is 3.34. The Hall–Kier alpha value is -3.49. The van der Waals surface area contributed by atoms with Gasteiger partial charge in [-0.15, -0.1) is 0 Å². The van der Waals surface area contributed by atoms with E-state index in [1.165, 1.54) is 12.1 Å². The zero-order valence-electron chi connectivity index (χ0n) is 16.9. The molecule has 1 amide bonds. The lowest BCUT2D eigenvalue weighted by atomic mass is 10.1. The number of primary sulfonamides is 1. The average Bonchev–Trinajstić information content (AvgIpc) is 2.77. The van der Waals surface area contributed by atoms with Crippen LogP contribution in [0.4, 0.5) is 5.69 Å². The van der Waals surface area contributed by atoms with Crippen molar-refractivity contribution in [2.45, 2.75) is 17.9 Å². The molecular formula is C23H23N3O4S. The largest absolute Gasteiger partial charge is 0.484 e. The normalized spacial score (nSPS) is 12.5. The van der Waals surface area contributed by atoms with E-state index in [1.54, 1.807) is 30.5 Å². The van der Waals surface area contributed by atoms with Crippen LogP contribution in [0.5, 0.6) is 5.75 Å². The number of benzene rings is 3. The van der Waals surface area contributed by atoms with Crippen molar-refractivity contribution >= 4 is 27.8 Å². The predicted molar refractivity (Wildman–Crippen MR) is 120 cm³/mol. The molecule has 3 aromatic rings. The van der Waals surface area contributed by atoms with Gasteiger partial charge in [0.15, 0.2) is 6.61 Å². The number of amides is 1. The summed E-state index contributed by atoms with van der Waals surface area (Å²) in [6.07, 6.45) is 1.64. The summed E-state index contributed by atoms with van der Waals surface area (Å²) in [5.74, 6) is 0.363. The van der Waals surface area contributed by atoms with E-state index in [4.69, 9.17) is 9.88 Å². The molecule has 0 unspecified atom stereocenters. The highest BCUT2D eigenvalue weighted by molar-refractivity contribution is 7.89. The first-order chi connectivity index (χ1) is 14.8. The number of sulfonamides is 1. The number of nitrogens with two attached hydrogens (primary N) is 1. The number of aliphatic imine (C=N–C) groups is 1. The molecule has 0 saturated heterocycles. The highest BCUT2D eigenvalue weighted by Gasteiger charge is 2.10. The summed E-state index contributed by atoms with van der Waals surface area (Å²) in [7, 11) is -3.72. The van der Waals surface area contributed by atoms with E-state index in [0.717, 1.165) is 11.1 Å². The van der Waals surface area contributed by atoms with E-state index in [2.05, 4.69) is 10.3 Å². The van der Waals surface area contributed by atoms with Gasteiger partial charge >= 0.3 is 0 Å². The van der Waals surface area contributed by atoms with Gasteiger partial charge in [-0.2, -0.15) is 0 Å². The van der Waals surface area contributed by atoms with Crippen LogP contribution in [0.2, 0.25) is 0 Å². The minimum Gasteiger partial charge on any atom is -0.484 e. The van der Waals surface area contributed by atoms with Crippen LogP contribution >= 0.6 is 0 Å². The molecule has 3 aromatic carbocycles. The van der Waals surface area contributed by atoms with E-state index in [1.807, 2.05) is 49.4 Å². The number of rotatable bonds is 8. The zero-order chi connectivity index (χ0) is 22.3. The lowest BCUT2D eigenvalue weighted by Crippen LogP contribution is -2.31. The van der Waals surface area contributed by atoms with Crippen molar-refractivity contribution in [1.82, 2.24) is 5.32 Å². The van der Waals surface area contributed by atoms with Gasteiger partial charge in [-0.05, 0) is 66.6 Å². The summed E-state index contributed by atoms with van der Waals surface area (Å²) >= 11 is 0. The Morgan fingerprint density at radius 2 is 1.68 bits per heavy atom. The number of nitrogens with zero attached hydrogens (tertiary/aromatic N) is 1. The number of hydrogen-bond acceptors (Lipinski definition) is 5. The van der Waals surface area contributed by atoms with Crippen molar-refractivity contribution in [3.63, 3.8) is 0 Å². The molecule has 1 atom stereocenters. The second-order valence-corrected chi connectivity index (χ2v) is 8.42. The molecule has 0 radical (unpaired) electrons. The van der Waals surface area contributed by atoms with Gasteiger partial charge in [0.25, 0.3) is 5.91 Å². The number of nitrogens with one attached hydrogen (secondary N) is 1. The van der Waals surface area contributed by atoms with Crippen LogP contribution < -0.4 is 15.2 Å². The van der Waals surface area contributed by atoms with E-state index in [0.29, 0.717) is 11.4 Å². The van der Waals surface area contributed by atoms with Crippen LogP contribution in [0.15, 0.2) is 88.8 Å². The van der Waals surface area contributed by atoms with Crippen LogP contribution in [-0.2, 0) is 14.8 Å². The lowest BCUT2D eigenvalue weighted by molar-refractivity contribution is -0.123. The Kier molecular flexibility index (Phi) is 7.17. The van der Waals surface area contributed by atoms with Gasteiger partial charge in [0.1, 0.15) is 5.75 Å². The van der Waals surface area contributed by atoms with Crippen molar-refractivity contribution in [3.8, 4) is 5.75 Å². The third-order valence-electron chi connectivity index (χ3n) is 4.46. The molecule has 160 valence electrons. The fourth-order valence-electron chi connectivity index (χ4n) is 2.78. The molecule has 7 nitrogen and oxygen atoms in total. The minimum absolute atomic E-state index is 0.0372. The van der Waals surface area contributed by atoms with E-state index < -0.39 is 10.0 Å². The molecule has 0 aliphatic rings. The van der Waals surface area contributed by atoms with Crippen molar-refractivity contribution in [2.24, 2.45) is 10.1 Å². The SMILES string of the molecule is C[C@@H](NC(=O)COc1ccc(C=Nc2ccc(S(N)(=O)=O)cc2)cc1)c1ccccc1. The highest BCUT2D eigenvalue weighted by Crippen LogP contribution is 2.17.